The Morgan fingerprint density at radius 2 is 2.00 bits per heavy atom. The van der Waals surface area contributed by atoms with E-state index in [0.717, 1.165) is 37.6 Å². The highest BCUT2D eigenvalue weighted by Gasteiger charge is 2.37. The lowest BCUT2D eigenvalue weighted by atomic mass is 10.2. The molecular formula is C21H28N4O4. The van der Waals surface area contributed by atoms with Crippen LogP contribution in [0.25, 0.3) is 0 Å². The number of imidazole rings is 1. The molecule has 0 radical (unpaired) electrons. The molecule has 2 aliphatic heterocycles. The van der Waals surface area contributed by atoms with Crippen LogP contribution in [0.2, 0.25) is 0 Å². The molecule has 2 saturated heterocycles. The Balaban J connectivity index is 1.24. The van der Waals surface area contributed by atoms with Gasteiger partial charge in [-0.2, -0.15) is 0 Å². The van der Waals surface area contributed by atoms with Crippen LogP contribution in [0.5, 0.6) is 5.75 Å². The van der Waals surface area contributed by atoms with Crippen LogP contribution >= 0.6 is 0 Å². The number of nitrogens with zero attached hydrogens (tertiary/aromatic N) is 4. The van der Waals surface area contributed by atoms with Crippen molar-refractivity contribution in [2.24, 2.45) is 0 Å². The number of ether oxygens (including phenoxy) is 3. The molecule has 0 saturated carbocycles. The molecule has 1 aromatic carbocycles. The van der Waals surface area contributed by atoms with Gasteiger partial charge in [0.2, 0.25) is 5.91 Å². The van der Waals surface area contributed by atoms with E-state index < -0.39 is 5.79 Å². The smallest absolute Gasteiger partial charge is 0.219 e. The van der Waals surface area contributed by atoms with E-state index in [0.29, 0.717) is 19.8 Å². The zero-order chi connectivity index (χ0) is 20.3. The largest absolute Gasteiger partial charge is 0.491 e. The van der Waals surface area contributed by atoms with Gasteiger partial charge in [0.15, 0.2) is 5.79 Å². The number of carbonyl (C=O) groups excluding carboxylic acids is 1. The van der Waals surface area contributed by atoms with Gasteiger partial charge in [0.1, 0.15) is 18.5 Å². The Morgan fingerprint density at radius 1 is 1.24 bits per heavy atom. The molecule has 0 aliphatic carbocycles. The summed E-state index contributed by atoms with van der Waals surface area (Å²) in [5, 5.41) is 0. The second-order valence-electron chi connectivity index (χ2n) is 7.72. The maximum Gasteiger partial charge on any atom is 0.219 e. The molecule has 8 nitrogen and oxygen atoms in total. The van der Waals surface area contributed by atoms with Crippen molar-refractivity contribution in [3.8, 4) is 5.75 Å². The number of carbonyl (C=O) groups is 1. The predicted octanol–water partition coefficient (Wildman–Crippen LogP) is 1.76. The Bertz CT molecular complexity index is 803. The number of amides is 1. The number of anilines is 1. The lowest BCUT2D eigenvalue weighted by Gasteiger charge is -2.35. The minimum absolute atomic E-state index is 0.108. The first-order chi connectivity index (χ1) is 14.0. The third kappa shape index (κ3) is 4.89. The molecule has 0 N–H and O–H groups in total. The normalized spacial score (nSPS) is 24.7. The molecule has 2 atom stereocenters. The van der Waals surface area contributed by atoms with Crippen LogP contribution in [-0.2, 0) is 20.8 Å². The van der Waals surface area contributed by atoms with E-state index >= 15 is 0 Å². The van der Waals surface area contributed by atoms with Gasteiger partial charge in [-0.05, 0) is 31.2 Å². The van der Waals surface area contributed by atoms with Crippen molar-refractivity contribution in [3.63, 3.8) is 0 Å². The Kier molecular flexibility index (Phi) is 5.73. The quantitative estimate of drug-likeness (QED) is 0.736. The van der Waals surface area contributed by atoms with Crippen molar-refractivity contribution in [2.75, 3.05) is 44.3 Å². The van der Waals surface area contributed by atoms with Crippen LogP contribution in [0, 0.1) is 0 Å². The highest BCUT2D eigenvalue weighted by molar-refractivity contribution is 5.73. The molecule has 1 aromatic heterocycles. The summed E-state index contributed by atoms with van der Waals surface area (Å²) >= 11 is 0. The molecule has 2 fully saturated rings. The molecule has 4 rings (SSSR count). The van der Waals surface area contributed by atoms with Gasteiger partial charge in [-0.25, -0.2) is 4.98 Å². The molecule has 2 aliphatic rings. The van der Waals surface area contributed by atoms with Gasteiger partial charge in [0.05, 0.1) is 19.5 Å². The first kappa shape index (κ1) is 19.7. The zero-order valence-corrected chi connectivity index (χ0v) is 17.0. The lowest BCUT2D eigenvalue weighted by Crippen LogP contribution is -2.48. The maximum atomic E-state index is 11.5. The number of hydrogen-bond donors (Lipinski definition) is 0. The average molecular weight is 400 g/mol. The summed E-state index contributed by atoms with van der Waals surface area (Å²) in [5.41, 5.74) is 1.15. The summed E-state index contributed by atoms with van der Waals surface area (Å²) < 4.78 is 19.8. The molecule has 8 heteroatoms. The van der Waals surface area contributed by atoms with E-state index in [1.807, 2.05) is 34.7 Å². The first-order valence-electron chi connectivity index (χ1n) is 10.0. The minimum atomic E-state index is -0.666. The Morgan fingerprint density at radius 3 is 2.66 bits per heavy atom. The van der Waals surface area contributed by atoms with Crippen molar-refractivity contribution < 1.29 is 19.0 Å². The molecule has 2 aromatic rings. The van der Waals surface area contributed by atoms with Crippen molar-refractivity contribution in [1.82, 2.24) is 14.5 Å². The topological polar surface area (TPSA) is 69.1 Å². The summed E-state index contributed by atoms with van der Waals surface area (Å²) in [6.07, 6.45) is 5.28. The fourth-order valence-electron chi connectivity index (χ4n) is 3.79. The van der Waals surface area contributed by atoms with E-state index in [4.69, 9.17) is 14.2 Å². The standard InChI is InChI=1S/C21H28N4O4/c1-17(26)24-9-11-25(12-10-24)18-3-5-19(6-4-18)27-13-20-14-28-21(2,29-20)15-23-8-7-22-16-23/h3-8,16,20H,9-15H2,1-2H3. The van der Waals surface area contributed by atoms with E-state index in [-0.39, 0.29) is 12.0 Å². The van der Waals surface area contributed by atoms with Crippen molar-refractivity contribution in [3.05, 3.63) is 43.0 Å². The Labute approximate surface area is 171 Å². The number of hydrogen-bond acceptors (Lipinski definition) is 6. The van der Waals surface area contributed by atoms with E-state index in [1.165, 1.54) is 0 Å². The van der Waals surface area contributed by atoms with Crippen LogP contribution in [0.1, 0.15) is 13.8 Å². The van der Waals surface area contributed by atoms with Gasteiger partial charge < -0.3 is 28.6 Å². The third-order valence-corrected chi connectivity index (χ3v) is 5.38. The molecule has 156 valence electrons. The van der Waals surface area contributed by atoms with Crippen LogP contribution in [0.4, 0.5) is 5.69 Å². The molecular weight excluding hydrogens is 372 g/mol. The van der Waals surface area contributed by atoms with Crippen LogP contribution in [-0.4, -0.2) is 71.6 Å². The number of aromatic nitrogens is 2. The zero-order valence-electron chi connectivity index (χ0n) is 17.0. The SMILES string of the molecule is CC(=O)N1CCN(c2ccc(OCC3COC(C)(Cn4ccnc4)O3)cc2)CC1. The summed E-state index contributed by atoms with van der Waals surface area (Å²) in [6, 6.07) is 8.09. The van der Waals surface area contributed by atoms with Gasteiger partial charge in [-0.1, -0.05) is 0 Å². The number of piperazine rings is 1. The molecule has 0 spiro atoms. The second kappa shape index (κ2) is 8.42. The monoisotopic (exact) mass is 400 g/mol. The minimum Gasteiger partial charge on any atom is -0.491 e. The summed E-state index contributed by atoms with van der Waals surface area (Å²) in [7, 11) is 0. The fourth-order valence-corrected chi connectivity index (χ4v) is 3.79. The number of benzene rings is 1. The maximum absolute atomic E-state index is 11.5. The fraction of sp³-hybridized carbons (Fsp3) is 0.524. The second-order valence-corrected chi connectivity index (χ2v) is 7.72. The van der Waals surface area contributed by atoms with Gasteiger partial charge in [-0.3, -0.25) is 4.79 Å². The predicted molar refractivity (Wildman–Crippen MR) is 108 cm³/mol. The first-order valence-corrected chi connectivity index (χ1v) is 10.0. The summed E-state index contributed by atoms with van der Waals surface area (Å²) in [5.74, 6) is 0.288. The van der Waals surface area contributed by atoms with Gasteiger partial charge in [-0.15, -0.1) is 0 Å². The molecule has 0 bridgehead atoms. The highest BCUT2D eigenvalue weighted by atomic mass is 16.7. The Hall–Kier alpha value is -2.58. The van der Waals surface area contributed by atoms with Crippen LogP contribution in [0.15, 0.2) is 43.0 Å². The average Bonchev–Trinajstić information content (AvgIpc) is 3.36. The molecule has 29 heavy (non-hydrogen) atoms. The van der Waals surface area contributed by atoms with Crippen molar-refractivity contribution in [1.29, 1.82) is 0 Å². The van der Waals surface area contributed by atoms with E-state index in [2.05, 4.69) is 22.0 Å². The van der Waals surface area contributed by atoms with Crippen molar-refractivity contribution in [2.45, 2.75) is 32.3 Å². The van der Waals surface area contributed by atoms with Crippen molar-refractivity contribution >= 4 is 11.6 Å². The van der Waals surface area contributed by atoms with Crippen LogP contribution in [0.3, 0.4) is 0 Å². The van der Waals surface area contributed by atoms with Crippen LogP contribution < -0.4 is 9.64 Å². The van der Waals surface area contributed by atoms with E-state index in [9.17, 15) is 4.79 Å². The molecule has 2 unspecified atom stereocenters. The summed E-state index contributed by atoms with van der Waals surface area (Å²) in [6.45, 7) is 8.34. The van der Waals surface area contributed by atoms with Gasteiger partial charge in [0.25, 0.3) is 0 Å². The molecule has 1 amide bonds. The third-order valence-electron chi connectivity index (χ3n) is 5.38. The molecule has 3 heterocycles. The summed E-state index contributed by atoms with van der Waals surface area (Å²) in [4.78, 5) is 19.7. The van der Waals surface area contributed by atoms with E-state index in [1.54, 1.807) is 19.4 Å². The highest BCUT2D eigenvalue weighted by Crippen LogP contribution is 2.26. The number of rotatable bonds is 6. The van der Waals surface area contributed by atoms with Gasteiger partial charge in [0, 0.05) is 51.2 Å². The van der Waals surface area contributed by atoms with Gasteiger partial charge >= 0.3 is 0 Å². The lowest BCUT2D eigenvalue weighted by molar-refractivity contribution is -0.165.